The predicted molar refractivity (Wildman–Crippen MR) is 180 cm³/mol. The molecule has 2 heterocycles. The number of hydrogen-bond donors (Lipinski definition) is 0. The first-order valence-electron chi connectivity index (χ1n) is 14.2. The average Bonchev–Trinajstić information content (AvgIpc) is 3.37. The predicted octanol–water partition coefficient (Wildman–Crippen LogP) is 8.58. The van der Waals surface area contributed by atoms with Gasteiger partial charge in [-0.25, -0.2) is 0 Å². The van der Waals surface area contributed by atoms with E-state index in [1.165, 1.54) is 64.8 Å². The van der Waals surface area contributed by atoms with E-state index in [0.29, 0.717) is 0 Å². The van der Waals surface area contributed by atoms with E-state index in [0.717, 1.165) is 0 Å². The van der Waals surface area contributed by atoms with E-state index < -0.39 is 10.0 Å². The Hall–Kier alpha value is -4.47. The number of nitrogens with zero attached hydrogens (tertiary/aromatic N) is 1. The largest absolute Gasteiger partial charge is 0.375 e. The average molecular weight is 544 g/mol. The molecule has 196 valence electrons. The van der Waals surface area contributed by atoms with Gasteiger partial charge in [-0.1, -0.05) is 146 Å². The van der Waals surface area contributed by atoms with Crippen molar-refractivity contribution in [3.8, 4) is 22.3 Å². The van der Waals surface area contributed by atoms with E-state index in [4.69, 9.17) is 0 Å². The van der Waals surface area contributed by atoms with E-state index in [-0.39, 0.29) is 6.85 Å². The van der Waals surface area contributed by atoms with Crippen LogP contribution < -0.4 is 10.9 Å². The molecule has 6 aromatic carbocycles. The summed E-state index contributed by atoms with van der Waals surface area (Å²) in [5.74, 6) is 0. The Morgan fingerprint density at radius 1 is 0.439 bits per heavy atom. The van der Waals surface area contributed by atoms with Crippen LogP contribution in [0.2, 0.25) is 0 Å². The molecule has 0 amide bonds. The monoisotopic (exact) mass is 543 g/mol. The maximum Gasteiger partial charge on any atom is 0.330 e. The van der Waals surface area contributed by atoms with Crippen LogP contribution in [-0.2, 0) is 0 Å². The van der Waals surface area contributed by atoms with E-state index in [2.05, 4.69) is 163 Å². The lowest BCUT2D eigenvalue weighted by molar-refractivity contribution is 1.29. The third-order valence-electron chi connectivity index (χ3n) is 8.80. The van der Waals surface area contributed by atoms with Gasteiger partial charge in [-0.3, -0.25) is 0 Å². The molecule has 1 nitrogen and oxygen atoms in total. The summed E-state index contributed by atoms with van der Waals surface area (Å²) < 4.78 is 2.68. The molecule has 0 radical (unpaired) electrons. The van der Waals surface area contributed by atoms with Gasteiger partial charge in [0.1, 0.15) is 0 Å². The maximum absolute atomic E-state index is 2.68. The summed E-state index contributed by atoms with van der Waals surface area (Å²) >= 11 is 0. The van der Waals surface area contributed by atoms with Gasteiger partial charge < -0.3 is 4.48 Å². The number of rotatable bonds is 3. The highest BCUT2D eigenvalue weighted by molar-refractivity contribution is 8.33. The van der Waals surface area contributed by atoms with E-state index >= 15 is 0 Å². The van der Waals surface area contributed by atoms with Crippen LogP contribution in [0.4, 0.5) is 0 Å². The third kappa shape index (κ3) is 3.59. The topological polar surface area (TPSA) is 4.93 Å². The SMILES string of the molecule is CS1(C)c2ccccc2B(n2c3c(-c4ccccc4)cccc3c3cccc(-c4ccccc4)c32)c2ccccc21. The molecule has 0 saturated carbocycles. The minimum atomic E-state index is -1.17. The van der Waals surface area contributed by atoms with Gasteiger partial charge in [0.25, 0.3) is 0 Å². The number of hydrogen-bond acceptors (Lipinski definition) is 0. The van der Waals surface area contributed by atoms with E-state index in [1.807, 2.05) is 0 Å². The van der Waals surface area contributed by atoms with Crippen LogP contribution in [0.3, 0.4) is 0 Å². The Balaban J connectivity index is 1.60. The summed E-state index contributed by atoms with van der Waals surface area (Å²) in [7, 11) is -1.17. The molecule has 41 heavy (non-hydrogen) atoms. The third-order valence-corrected chi connectivity index (χ3v) is 11.7. The fraction of sp³-hybridized carbons (Fsp3) is 0.0526. The Morgan fingerprint density at radius 3 is 1.32 bits per heavy atom. The molecule has 0 saturated heterocycles. The van der Waals surface area contributed by atoms with Gasteiger partial charge >= 0.3 is 6.85 Å². The summed E-state index contributed by atoms with van der Waals surface area (Å²) in [6.45, 7) is 0.0534. The molecule has 0 unspecified atom stereocenters. The molecule has 1 aliphatic heterocycles. The summed E-state index contributed by atoms with van der Waals surface area (Å²) in [5.41, 5.74) is 10.4. The molecule has 0 fully saturated rings. The molecule has 0 N–H and O–H groups in total. The summed E-state index contributed by atoms with van der Waals surface area (Å²) in [4.78, 5) is 2.96. The standard InChI is InChI=1S/C38H30BNS/c1-41(2)35-25-11-9-23-33(35)39(34-24-10-12-26-36(34)41)40-37-29(27-15-5-3-6-16-27)19-13-21-31(37)32-22-14-20-30(38(32)40)28-17-7-4-8-18-28/h3-26H,1-2H3. The van der Waals surface area contributed by atoms with Gasteiger partial charge in [-0.2, -0.15) is 10.0 Å². The van der Waals surface area contributed by atoms with Crippen molar-refractivity contribution in [1.29, 1.82) is 0 Å². The molecular weight excluding hydrogens is 513 g/mol. The van der Waals surface area contributed by atoms with Gasteiger partial charge in [0.05, 0.1) is 0 Å². The fourth-order valence-electron chi connectivity index (χ4n) is 7.02. The molecular formula is C38H30BNS. The number of benzene rings is 6. The fourth-order valence-corrected chi connectivity index (χ4v) is 9.63. The van der Waals surface area contributed by atoms with Crippen molar-refractivity contribution in [1.82, 2.24) is 4.48 Å². The zero-order valence-corrected chi connectivity index (χ0v) is 24.1. The lowest BCUT2D eigenvalue weighted by atomic mass is 9.49. The van der Waals surface area contributed by atoms with Crippen molar-refractivity contribution < 1.29 is 0 Å². The molecule has 0 aliphatic carbocycles. The highest BCUT2D eigenvalue weighted by atomic mass is 32.3. The van der Waals surface area contributed by atoms with Crippen LogP contribution in [0.5, 0.6) is 0 Å². The van der Waals surface area contributed by atoms with Crippen LogP contribution in [0.15, 0.2) is 155 Å². The maximum atomic E-state index is 2.68. The van der Waals surface area contributed by atoms with Crippen LogP contribution in [0.25, 0.3) is 44.1 Å². The minimum absolute atomic E-state index is 0.0534. The molecule has 1 aliphatic rings. The molecule has 7 aromatic rings. The molecule has 3 heteroatoms. The Labute approximate surface area is 243 Å². The van der Waals surface area contributed by atoms with Crippen LogP contribution in [0, 0.1) is 0 Å². The number of fused-ring (bicyclic) bond motifs is 5. The smallest absolute Gasteiger partial charge is 0.330 e. The van der Waals surface area contributed by atoms with Crippen LogP contribution in [0.1, 0.15) is 0 Å². The summed E-state index contributed by atoms with van der Waals surface area (Å²) in [6.07, 6.45) is 4.91. The van der Waals surface area contributed by atoms with Crippen molar-refractivity contribution in [3.05, 3.63) is 146 Å². The number of aromatic nitrogens is 1. The molecule has 0 bridgehead atoms. The first-order chi connectivity index (χ1) is 20.1. The second-order valence-corrected chi connectivity index (χ2v) is 14.8. The summed E-state index contributed by atoms with van der Waals surface area (Å²) in [5, 5.41) is 2.59. The number of para-hydroxylation sites is 2. The lowest BCUT2D eigenvalue weighted by Gasteiger charge is -2.42. The van der Waals surface area contributed by atoms with Crippen molar-refractivity contribution >= 4 is 49.6 Å². The Bertz CT molecular complexity index is 1930. The van der Waals surface area contributed by atoms with Gasteiger partial charge in [0.15, 0.2) is 0 Å². The zero-order valence-electron chi connectivity index (χ0n) is 23.3. The van der Waals surface area contributed by atoms with Crippen molar-refractivity contribution in [2.24, 2.45) is 0 Å². The quantitative estimate of drug-likeness (QED) is 0.197. The highest BCUT2D eigenvalue weighted by Crippen LogP contribution is 2.57. The minimum Gasteiger partial charge on any atom is -0.375 e. The normalized spacial score (nSPS) is 14.5. The zero-order chi connectivity index (χ0) is 27.6. The Morgan fingerprint density at radius 2 is 0.854 bits per heavy atom. The van der Waals surface area contributed by atoms with Gasteiger partial charge in [-0.05, 0) is 44.4 Å². The van der Waals surface area contributed by atoms with Crippen molar-refractivity contribution in [2.45, 2.75) is 9.79 Å². The first kappa shape index (κ1) is 24.3. The van der Waals surface area contributed by atoms with Crippen molar-refractivity contribution in [2.75, 3.05) is 12.5 Å². The van der Waals surface area contributed by atoms with Gasteiger partial charge in [0.2, 0.25) is 0 Å². The molecule has 0 atom stereocenters. The second-order valence-electron chi connectivity index (χ2n) is 11.3. The highest BCUT2D eigenvalue weighted by Gasteiger charge is 2.40. The Kier molecular flexibility index (Phi) is 5.52. The van der Waals surface area contributed by atoms with Crippen molar-refractivity contribution in [3.63, 3.8) is 0 Å². The van der Waals surface area contributed by atoms with Crippen LogP contribution in [-0.4, -0.2) is 23.8 Å². The molecule has 0 spiro atoms. The lowest BCUT2D eigenvalue weighted by Crippen LogP contribution is -2.54. The van der Waals surface area contributed by atoms with Crippen LogP contribution >= 0.6 is 10.0 Å². The first-order valence-corrected chi connectivity index (χ1v) is 16.7. The van der Waals surface area contributed by atoms with Gasteiger partial charge in [-0.15, -0.1) is 0 Å². The molecule has 1 aromatic heterocycles. The van der Waals surface area contributed by atoms with E-state index in [1.54, 1.807) is 0 Å². The summed E-state index contributed by atoms with van der Waals surface area (Å²) in [6, 6.07) is 53.8. The molecule has 8 rings (SSSR count). The van der Waals surface area contributed by atoms with Gasteiger partial charge in [0, 0.05) is 32.9 Å². The second kappa shape index (κ2) is 9.29. The van der Waals surface area contributed by atoms with E-state index in [9.17, 15) is 0 Å².